The van der Waals surface area contributed by atoms with Crippen LogP contribution in [-0.2, 0) is 14.3 Å². The number of benzene rings is 3. The largest absolute Gasteiger partial charge is 0.480 e. The molecule has 35 heavy (non-hydrogen) atoms. The fraction of sp³-hybridized carbons (Fsp3) is 0.179. The first-order chi connectivity index (χ1) is 17.0. The van der Waals surface area contributed by atoms with Gasteiger partial charge < -0.3 is 15.2 Å². The number of carbonyl (C=O) groups is 3. The lowest BCUT2D eigenvalue weighted by atomic mass is 9.98. The summed E-state index contributed by atoms with van der Waals surface area (Å²) in [5.41, 5.74) is 5.78. The number of nitrogens with one attached hydrogen (secondary N) is 2. The molecule has 7 nitrogen and oxygen atoms in total. The number of hydrogen-bond donors (Lipinski definition) is 3. The van der Waals surface area contributed by atoms with E-state index < -0.39 is 24.0 Å². The van der Waals surface area contributed by atoms with Crippen molar-refractivity contribution in [3.8, 4) is 11.1 Å². The zero-order valence-electron chi connectivity index (χ0n) is 19.2. The minimum atomic E-state index is -1.08. The molecule has 3 N–H and O–H groups in total. The summed E-state index contributed by atoms with van der Waals surface area (Å²) in [4.78, 5) is 35.6. The van der Waals surface area contributed by atoms with Crippen LogP contribution in [-0.4, -0.2) is 35.7 Å². The van der Waals surface area contributed by atoms with E-state index in [1.165, 1.54) is 6.08 Å². The van der Waals surface area contributed by atoms with Gasteiger partial charge in [0.25, 0.3) is 0 Å². The van der Waals surface area contributed by atoms with Crippen molar-refractivity contribution in [2.24, 2.45) is 0 Å². The summed E-state index contributed by atoms with van der Waals surface area (Å²) in [6.45, 7) is 1.89. The number of carboxylic acids is 1. The van der Waals surface area contributed by atoms with Crippen molar-refractivity contribution in [1.29, 1.82) is 0 Å². The Morgan fingerprint density at radius 1 is 0.971 bits per heavy atom. The van der Waals surface area contributed by atoms with Gasteiger partial charge in [0, 0.05) is 17.7 Å². The Bertz CT molecular complexity index is 1240. The lowest BCUT2D eigenvalue weighted by molar-refractivity contribution is -0.141. The normalized spacial score (nSPS) is 13.1. The van der Waals surface area contributed by atoms with Gasteiger partial charge in [-0.2, -0.15) is 0 Å². The first-order valence-electron chi connectivity index (χ1n) is 11.4. The van der Waals surface area contributed by atoms with Crippen LogP contribution in [0.15, 0.2) is 78.9 Å². The highest BCUT2D eigenvalue weighted by molar-refractivity contribution is 5.94. The van der Waals surface area contributed by atoms with Crippen molar-refractivity contribution in [2.45, 2.75) is 25.3 Å². The second-order valence-corrected chi connectivity index (χ2v) is 8.22. The third-order valence-electron chi connectivity index (χ3n) is 5.93. The SMILES string of the molecule is CCC(NC(=O)/C=C/c1cccc(NC(=O)OCC2c3ccccc3-c3ccccc32)c1)C(=O)O. The molecular weight excluding hydrogens is 444 g/mol. The molecule has 0 heterocycles. The third-order valence-corrected chi connectivity index (χ3v) is 5.93. The predicted molar refractivity (Wildman–Crippen MR) is 134 cm³/mol. The second-order valence-electron chi connectivity index (χ2n) is 8.22. The van der Waals surface area contributed by atoms with Crippen LogP contribution < -0.4 is 10.6 Å². The maximum atomic E-state index is 12.5. The number of fused-ring (bicyclic) bond motifs is 3. The van der Waals surface area contributed by atoms with Crippen LogP contribution in [0.25, 0.3) is 17.2 Å². The molecule has 0 saturated carbocycles. The van der Waals surface area contributed by atoms with Gasteiger partial charge >= 0.3 is 12.1 Å². The molecule has 0 fully saturated rings. The van der Waals surface area contributed by atoms with Crippen molar-refractivity contribution in [3.05, 3.63) is 95.6 Å². The van der Waals surface area contributed by atoms with Crippen molar-refractivity contribution in [3.63, 3.8) is 0 Å². The summed E-state index contributed by atoms with van der Waals surface area (Å²) in [5, 5.41) is 14.2. The third kappa shape index (κ3) is 5.58. The van der Waals surface area contributed by atoms with Gasteiger partial charge in [-0.15, -0.1) is 0 Å². The van der Waals surface area contributed by atoms with Crippen LogP contribution >= 0.6 is 0 Å². The number of carboxylic acid groups (broad SMARTS) is 1. The summed E-state index contributed by atoms with van der Waals surface area (Å²) < 4.78 is 5.57. The van der Waals surface area contributed by atoms with E-state index in [0.717, 1.165) is 22.3 Å². The van der Waals surface area contributed by atoms with Crippen LogP contribution in [0, 0.1) is 0 Å². The van der Waals surface area contributed by atoms with Crippen molar-refractivity contribution < 1.29 is 24.2 Å². The number of rotatable bonds is 8. The molecule has 0 spiro atoms. The Balaban J connectivity index is 1.36. The number of anilines is 1. The number of aliphatic carboxylic acids is 1. The van der Waals surface area contributed by atoms with Crippen LogP contribution in [0.4, 0.5) is 10.5 Å². The Kier molecular flexibility index (Phi) is 7.26. The summed E-state index contributed by atoms with van der Waals surface area (Å²) in [7, 11) is 0. The first-order valence-corrected chi connectivity index (χ1v) is 11.4. The second kappa shape index (κ2) is 10.7. The average Bonchev–Trinajstić information content (AvgIpc) is 3.18. The van der Waals surface area contributed by atoms with Crippen molar-refractivity contribution in [1.82, 2.24) is 5.32 Å². The van der Waals surface area contributed by atoms with Crippen LogP contribution in [0.2, 0.25) is 0 Å². The smallest absolute Gasteiger partial charge is 0.411 e. The zero-order valence-corrected chi connectivity index (χ0v) is 19.2. The number of amides is 2. The predicted octanol–water partition coefficient (Wildman–Crippen LogP) is 5.04. The highest BCUT2D eigenvalue weighted by Gasteiger charge is 2.29. The Labute approximate surface area is 203 Å². The maximum Gasteiger partial charge on any atom is 0.411 e. The van der Waals surface area contributed by atoms with Gasteiger partial charge in [-0.1, -0.05) is 67.6 Å². The van der Waals surface area contributed by atoms with Crippen molar-refractivity contribution in [2.75, 3.05) is 11.9 Å². The van der Waals surface area contributed by atoms with Gasteiger partial charge in [0.1, 0.15) is 12.6 Å². The van der Waals surface area contributed by atoms with Crippen LogP contribution in [0.5, 0.6) is 0 Å². The lowest BCUT2D eigenvalue weighted by Crippen LogP contribution is -2.39. The molecule has 1 unspecified atom stereocenters. The zero-order chi connectivity index (χ0) is 24.8. The van der Waals surface area contributed by atoms with E-state index in [0.29, 0.717) is 11.3 Å². The lowest BCUT2D eigenvalue weighted by Gasteiger charge is -2.14. The molecule has 4 rings (SSSR count). The molecule has 0 radical (unpaired) electrons. The van der Waals surface area contributed by atoms with E-state index in [9.17, 15) is 14.4 Å². The molecule has 0 aromatic heterocycles. The van der Waals surface area contributed by atoms with E-state index in [2.05, 4.69) is 34.9 Å². The molecule has 0 bridgehead atoms. The standard InChI is InChI=1S/C28H26N2O5/c1-2-25(27(32)33)30-26(31)15-14-18-8-7-9-19(16-18)29-28(34)35-17-24-22-12-5-3-10-20(22)21-11-4-6-13-23(21)24/h3-16,24-25H,2,17H2,1H3,(H,29,34)(H,30,31)(H,32,33)/b15-14+. The minimum absolute atomic E-state index is 0.0290. The summed E-state index contributed by atoms with van der Waals surface area (Å²) in [6, 6.07) is 22.3. The fourth-order valence-corrected chi connectivity index (χ4v) is 4.20. The first kappa shape index (κ1) is 23.8. The number of carbonyl (C=O) groups excluding carboxylic acids is 2. The molecule has 0 aliphatic heterocycles. The number of hydrogen-bond acceptors (Lipinski definition) is 4. The van der Waals surface area contributed by atoms with Gasteiger partial charge in [-0.3, -0.25) is 10.1 Å². The fourth-order valence-electron chi connectivity index (χ4n) is 4.20. The van der Waals surface area contributed by atoms with Crippen LogP contribution in [0.1, 0.15) is 36.0 Å². The van der Waals surface area contributed by atoms with E-state index >= 15 is 0 Å². The summed E-state index contributed by atoms with van der Waals surface area (Å²) in [6.07, 6.45) is 2.53. The van der Waals surface area contributed by atoms with E-state index in [-0.39, 0.29) is 18.9 Å². The minimum Gasteiger partial charge on any atom is -0.480 e. The van der Waals surface area contributed by atoms with E-state index in [4.69, 9.17) is 9.84 Å². The summed E-state index contributed by atoms with van der Waals surface area (Å²) >= 11 is 0. The molecule has 1 aliphatic carbocycles. The molecule has 178 valence electrons. The van der Waals surface area contributed by atoms with E-state index in [1.54, 1.807) is 37.3 Å². The van der Waals surface area contributed by atoms with E-state index in [1.807, 2.05) is 24.3 Å². The van der Waals surface area contributed by atoms with Gasteiger partial charge in [0.15, 0.2) is 0 Å². The highest BCUT2D eigenvalue weighted by atomic mass is 16.5. The number of ether oxygens (including phenoxy) is 1. The molecule has 3 aromatic carbocycles. The molecule has 3 aromatic rings. The van der Waals surface area contributed by atoms with Gasteiger partial charge in [-0.25, -0.2) is 9.59 Å². The molecule has 0 saturated heterocycles. The average molecular weight is 471 g/mol. The quantitative estimate of drug-likeness (QED) is 0.400. The molecule has 7 heteroatoms. The molecular formula is C28H26N2O5. The van der Waals surface area contributed by atoms with Crippen LogP contribution in [0.3, 0.4) is 0 Å². The topological polar surface area (TPSA) is 105 Å². The van der Waals surface area contributed by atoms with Crippen molar-refractivity contribution >= 4 is 29.7 Å². The highest BCUT2D eigenvalue weighted by Crippen LogP contribution is 2.44. The Morgan fingerprint density at radius 2 is 1.63 bits per heavy atom. The monoisotopic (exact) mass is 470 g/mol. The maximum absolute atomic E-state index is 12.5. The Morgan fingerprint density at radius 3 is 2.26 bits per heavy atom. The summed E-state index contributed by atoms with van der Waals surface area (Å²) in [5.74, 6) is -1.61. The van der Waals surface area contributed by atoms with Gasteiger partial charge in [-0.05, 0) is 52.4 Å². The molecule has 1 aliphatic rings. The van der Waals surface area contributed by atoms with Gasteiger partial charge in [0.2, 0.25) is 5.91 Å². The van der Waals surface area contributed by atoms with Gasteiger partial charge in [0.05, 0.1) is 0 Å². The Hall–Kier alpha value is -4.39. The molecule has 2 amide bonds. The molecule has 1 atom stereocenters.